The minimum atomic E-state index is -0.0296. The van der Waals surface area contributed by atoms with Crippen molar-refractivity contribution in [3.05, 3.63) is 34.3 Å². The van der Waals surface area contributed by atoms with Crippen LogP contribution in [0.3, 0.4) is 0 Å². The highest BCUT2D eigenvalue weighted by atomic mass is 79.9. The van der Waals surface area contributed by atoms with E-state index in [1.165, 1.54) is 0 Å². The van der Waals surface area contributed by atoms with E-state index in [0.717, 1.165) is 10.0 Å². The van der Waals surface area contributed by atoms with Crippen molar-refractivity contribution in [2.75, 3.05) is 40.4 Å². The van der Waals surface area contributed by atoms with Gasteiger partial charge in [-0.1, -0.05) is 28.1 Å². The van der Waals surface area contributed by atoms with Gasteiger partial charge in [-0.2, -0.15) is 0 Å². The fourth-order valence-electron chi connectivity index (χ4n) is 1.97. The minimum Gasteiger partial charge on any atom is -0.383 e. The smallest absolute Gasteiger partial charge is 0.234 e. The highest BCUT2D eigenvalue weighted by Gasteiger charge is 2.17. The fourth-order valence-corrected chi connectivity index (χ4v) is 2.39. The van der Waals surface area contributed by atoms with Gasteiger partial charge in [-0.05, 0) is 24.7 Å². The van der Waals surface area contributed by atoms with Crippen LogP contribution in [0.5, 0.6) is 0 Å². The van der Waals surface area contributed by atoms with Crippen molar-refractivity contribution in [2.24, 2.45) is 5.73 Å². The minimum absolute atomic E-state index is 0.0145. The lowest BCUT2D eigenvalue weighted by atomic mass is 10.1. The molecule has 1 atom stereocenters. The number of nitrogens with zero attached hydrogens (tertiary/aromatic N) is 1. The molecule has 0 aliphatic carbocycles. The highest BCUT2D eigenvalue weighted by Crippen LogP contribution is 2.21. The SMILES string of the molecule is COCCNC(=O)CN(C)C(CN)c1cccc(Br)c1. The van der Waals surface area contributed by atoms with E-state index in [1.807, 2.05) is 36.2 Å². The average Bonchev–Trinajstić information content (AvgIpc) is 2.40. The molecule has 3 N–H and O–H groups in total. The van der Waals surface area contributed by atoms with E-state index in [9.17, 15) is 4.79 Å². The Bertz CT molecular complexity index is 429. The molecule has 1 amide bonds. The number of benzene rings is 1. The number of amides is 1. The summed E-state index contributed by atoms with van der Waals surface area (Å²) >= 11 is 3.45. The first kappa shape index (κ1) is 17.1. The number of nitrogens with two attached hydrogens (primary N) is 1. The number of nitrogens with one attached hydrogen (secondary N) is 1. The van der Waals surface area contributed by atoms with Crippen molar-refractivity contribution in [1.29, 1.82) is 0 Å². The third-order valence-corrected chi connectivity index (χ3v) is 3.50. The van der Waals surface area contributed by atoms with Crippen LogP contribution in [0.25, 0.3) is 0 Å². The Morgan fingerprint density at radius 2 is 2.30 bits per heavy atom. The molecule has 112 valence electrons. The number of carbonyl (C=O) groups excluding carboxylic acids is 1. The molecule has 1 unspecified atom stereocenters. The maximum absolute atomic E-state index is 11.8. The van der Waals surface area contributed by atoms with Crippen molar-refractivity contribution < 1.29 is 9.53 Å². The second kappa shape index (κ2) is 9.07. The zero-order valence-electron chi connectivity index (χ0n) is 11.9. The van der Waals surface area contributed by atoms with Gasteiger partial charge in [0.05, 0.1) is 13.2 Å². The van der Waals surface area contributed by atoms with Crippen molar-refractivity contribution >= 4 is 21.8 Å². The Hall–Kier alpha value is -0.950. The summed E-state index contributed by atoms with van der Waals surface area (Å²) in [5, 5.41) is 2.80. The Labute approximate surface area is 128 Å². The van der Waals surface area contributed by atoms with E-state index >= 15 is 0 Å². The standard InChI is InChI=1S/C14H22BrN3O2/c1-18(10-14(19)17-6-7-20-2)13(9-16)11-4-3-5-12(15)8-11/h3-5,8,13H,6-7,9-10,16H2,1-2H3,(H,17,19). The summed E-state index contributed by atoms with van der Waals surface area (Å²) in [5.74, 6) is -0.0296. The van der Waals surface area contributed by atoms with E-state index < -0.39 is 0 Å². The number of halogens is 1. The van der Waals surface area contributed by atoms with Crippen LogP contribution in [0, 0.1) is 0 Å². The summed E-state index contributed by atoms with van der Waals surface area (Å²) in [7, 11) is 3.50. The van der Waals surface area contributed by atoms with Gasteiger partial charge in [-0.25, -0.2) is 0 Å². The van der Waals surface area contributed by atoms with E-state index in [1.54, 1.807) is 7.11 Å². The van der Waals surface area contributed by atoms with Crippen molar-refractivity contribution in [3.8, 4) is 0 Å². The van der Waals surface area contributed by atoms with Gasteiger partial charge in [0, 0.05) is 30.7 Å². The molecular weight excluding hydrogens is 322 g/mol. The number of likely N-dealkylation sites (N-methyl/N-ethyl adjacent to an activating group) is 1. The molecule has 20 heavy (non-hydrogen) atoms. The Kier molecular flexibility index (Phi) is 7.76. The summed E-state index contributed by atoms with van der Waals surface area (Å²) in [5.41, 5.74) is 6.94. The zero-order chi connectivity index (χ0) is 15.0. The third-order valence-electron chi connectivity index (χ3n) is 3.01. The van der Waals surface area contributed by atoms with Gasteiger partial charge < -0.3 is 15.8 Å². The highest BCUT2D eigenvalue weighted by molar-refractivity contribution is 9.10. The molecule has 0 radical (unpaired) electrons. The largest absolute Gasteiger partial charge is 0.383 e. The van der Waals surface area contributed by atoms with E-state index in [2.05, 4.69) is 21.2 Å². The molecule has 0 saturated heterocycles. The molecule has 0 aliphatic heterocycles. The van der Waals surface area contributed by atoms with Gasteiger partial charge in [0.1, 0.15) is 0 Å². The lowest BCUT2D eigenvalue weighted by Crippen LogP contribution is -2.40. The normalized spacial score (nSPS) is 12.4. The van der Waals surface area contributed by atoms with Gasteiger partial charge in [0.2, 0.25) is 5.91 Å². The number of hydrogen-bond acceptors (Lipinski definition) is 4. The molecule has 0 fully saturated rings. The van der Waals surface area contributed by atoms with E-state index in [0.29, 0.717) is 26.2 Å². The molecule has 6 heteroatoms. The van der Waals surface area contributed by atoms with E-state index in [-0.39, 0.29) is 11.9 Å². The number of ether oxygens (including phenoxy) is 1. The van der Waals surface area contributed by atoms with Crippen LogP contribution >= 0.6 is 15.9 Å². The molecular formula is C14H22BrN3O2. The summed E-state index contributed by atoms with van der Waals surface area (Å²) in [6.45, 7) is 1.80. The van der Waals surface area contributed by atoms with Gasteiger partial charge in [-0.3, -0.25) is 9.69 Å². The Morgan fingerprint density at radius 3 is 2.90 bits per heavy atom. The van der Waals surface area contributed by atoms with Gasteiger partial charge >= 0.3 is 0 Å². The summed E-state index contributed by atoms with van der Waals surface area (Å²) in [6, 6.07) is 7.99. The van der Waals surface area contributed by atoms with Crippen LogP contribution in [0.4, 0.5) is 0 Å². The molecule has 1 rings (SSSR count). The van der Waals surface area contributed by atoms with E-state index in [4.69, 9.17) is 10.5 Å². The van der Waals surface area contributed by atoms with Crippen molar-refractivity contribution in [3.63, 3.8) is 0 Å². The van der Waals surface area contributed by atoms with Crippen LogP contribution in [0.15, 0.2) is 28.7 Å². The molecule has 5 nitrogen and oxygen atoms in total. The van der Waals surface area contributed by atoms with Crippen molar-refractivity contribution in [1.82, 2.24) is 10.2 Å². The molecule has 0 bridgehead atoms. The number of carbonyl (C=O) groups is 1. The predicted molar refractivity (Wildman–Crippen MR) is 83.5 cm³/mol. The monoisotopic (exact) mass is 343 g/mol. The maximum atomic E-state index is 11.8. The number of hydrogen-bond donors (Lipinski definition) is 2. The molecule has 0 aliphatic rings. The first-order valence-corrected chi connectivity index (χ1v) is 7.29. The molecule has 0 spiro atoms. The van der Waals surface area contributed by atoms with Crippen LogP contribution in [-0.2, 0) is 9.53 Å². The van der Waals surface area contributed by atoms with Crippen LogP contribution in [-0.4, -0.2) is 51.2 Å². The quantitative estimate of drug-likeness (QED) is 0.694. The van der Waals surface area contributed by atoms with Crippen LogP contribution in [0.1, 0.15) is 11.6 Å². The topological polar surface area (TPSA) is 67.6 Å². The molecule has 0 aromatic heterocycles. The second-order valence-electron chi connectivity index (χ2n) is 4.56. The first-order chi connectivity index (χ1) is 9.58. The van der Waals surface area contributed by atoms with Crippen LogP contribution in [0.2, 0.25) is 0 Å². The average molecular weight is 344 g/mol. The van der Waals surface area contributed by atoms with Crippen molar-refractivity contribution in [2.45, 2.75) is 6.04 Å². The lowest BCUT2D eigenvalue weighted by molar-refractivity contribution is -0.122. The summed E-state index contributed by atoms with van der Waals surface area (Å²) in [6.07, 6.45) is 0. The van der Waals surface area contributed by atoms with Crippen LogP contribution < -0.4 is 11.1 Å². The molecule has 0 saturated carbocycles. The molecule has 1 aromatic carbocycles. The molecule has 1 aromatic rings. The van der Waals surface area contributed by atoms with Gasteiger partial charge in [0.15, 0.2) is 0 Å². The lowest BCUT2D eigenvalue weighted by Gasteiger charge is -2.27. The summed E-state index contributed by atoms with van der Waals surface area (Å²) in [4.78, 5) is 13.7. The van der Waals surface area contributed by atoms with Gasteiger partial charge in [-0.15, -0.1) is 0 Å². The number of methoxy groups -OCH3 is 1. The maximum Gasteiger partial charge on any atom is 0.234 e. The third kappa shape index (κ3) is 5.58. The Balaban J connectivity index is 2.59. The Morgan fingerprint density at radius 1 is 1.55 bits per heavy atom. The number of rotatable bonds is 8. The predicted octanol–water partition coefficient (Wildman–Crippen LogP) is 1.14. The molecule has 0 heterocycles. The van der Waals surface area contributed by atoms with Gasteiger partial charge in [0.25, 0.3) is 0 Å². The second-order valence-corrected chi connectivity index (χ2v) is 5.48. The first-order valence-electron chi connectivity index (χ1n) is 6.50. The summed E-state index contributed by atoms with van der Waals surface area (Å²) < 4.78 is 5.90. The fraction of sp³-hybridized carbons (Fsp3) is 0.500. The zero-order valence-corrected chi connectivity index (χ0v) is 13.5.